The lowest BCUT2D eigenvalue weighted by molar-refractivity contribution is -0.0419. The Hall–Kier alpha value is -0.300. The molecule has 2 fully saturated rings. The molecule has 1 heteroatoms. The minimum Gasteiger partial charge on any atom is -0.378 e. The molecule has 1 saturated carbocycles. The predicted molar refractivity (Wildman–Crippen MR) is 82.3 cm³/mol. The van der Waals surface area contributed by atoms with E-state index in [2.05, 4.69) is 19.6 Å². The fourth-order valence-electron chi connectivity index (χ4n) is 3.90. The van der Waals surface area contributed by atoms with E-state index in [1.165, 1.54) is 64.2 Å². The molecule has 1 aliphatic carbocycles. The van der Waals surface area contributed by atoms with Crippen LogP contribution in [0.5, 0.6) is 0 Å². The van der Waals surface area contributed by atoms with Gasteiger partial charge in [0.2, 0.25) is 0 Å². The Morgan fingerprint density at radius 2 is 1.74 bits per heavy atom. The van der Waals surface area contributed by atoms with Gasteiger partial charge in [-0.25, -0.2) is 0 Å². The molecule has 2 atom stereocenters. The van der Waals surface area contributed by atoms with E-state index in [4.69, 9.17) is 4.74 Å². The summed E-state index contributed by atoms with van der Waals surface area (Å²) in [5.74, 6) is 2.59. The normalized spacial score (nSPS) is 36.1. The van der Waals surface area contributed by atoms with E-state index in [9.17, 15) is 0 Å². The zero-order chi connectivity index (χ0) is 13.5. The van der Waals surface area contributed by atoms with Crippen molar-refractivity contribution in [2.45, 2.75) is 77.2 Å². The summed E-state index contributed by atoms with van der Waals surface area (Å²) in [4.78, 5) is 0. The number of allylic oxidation sites excluding steroid dienone is 1. The van der Waals surface area contributed by atoms with Crippen LogP contribution >= 0.6 is 0 Å². The summed E-state index contributed by atoms with van der Waals surface area (Å²) in [5.41, 5.74) is 0. The van der Waals surface area contributed by atoms with Crippen LogP contribution in [0.25, 0.3) is 0 Å². The molecule has 0 aromatic carbocycles. The summed E-state index contributed by atoms with van der Waals surface area (Å²) < 4.78 is 6.12. The predicted octanol–water partition coefficient (Wildman–Crippen LogP) is 5.35. The molecule has 19 heavy (non-hydrogen) atoms. The third-order valence-corrected chi connectivity index (χ3v) is 5.35. The molecule has 2 unspecified atom stereocenters. The molecule has 2 rings (SSSR count). The first-order chi connectivity index (χ1) is 9.33. The molecule has 2 aliphatic rings. The number of hydrogen-bond acceptors (Lipinski definition) is 1. The van der Waals surface area contributed by atoms with E-state index in [1.54, 1.807) is 0 Å². The standard InChI is InChI=1S/C18H32O/c1-3-5-6-7-18-13-12-17(14-19-18)16-10-8-15(4-2)9-11-16/h4,15-18H,2-3,5-14H2,1H3. The molecular formula is C18H32O. The Bertz CT molecular complexity index is 244. The third-order valence-electron chi connectivity index (χ3n) is 5.35. The molecule has 1 saturated heterocycles. The molecule has 1 aliphatic heterocycles. The molecule has 1 heterocycles. The Morgan fingerprint density at radius 3 is 2.32 bits per heavy atom. The van der Waals surface area contributed by atoms with Crippen LogP contribution in [0, 0.1) is 17.8 Å². The molecule has 0 N–H and O–H groups in total. The van der Waals surface area contributed by atoms with Crippen LogP contribution in [0.4, 0.5) is 0 Å². The van der Waals surface area contributed by atoms with Crippen molar-refractivity contribution < 1.29 is 4.74 Å². The minimum absolute atomic E-state index is 0.576. The van der Waals surface area contributed by atoms with Gasteiger partial charge < -0.3 is 4.74 Å². The lowest BCUT2D eigenvalue weighted by Crippen LogP contribution is -2.32. The fraction of sp³-hybridized carbons (Fsp3) is 0.889. The van der Waals surface area contributed by atoms with Gasteiger partial charge >= 0.3 is 0 Å². The highest BCUT2D eigenvalue weighted by Crippen LogP contribution is 2.38. The topological polar surface area (TPSA) is 9.23 Å². The highest BCUT2D eigenvalue weighted by molar-refractivity contribution is 4.87. The zero-order valence-corrected chi connectivity index (χ0v) is 12.8. The van der Waals surface area contributed by atoms with Crippen molar-refractivity contribution in [2.24, 2.45) is 17.8 Å². The van der Waals surface area contributed by atoms with Crippen LogP contribution in [0.2, 0.25) is 0 Å². The maximum absolute atomic E-state index is 6.12. The fourth-order valence-corrected chi connectivity index (χ4v) is 3.90. The van der Waals surface area contributed by atoms with Gasteiger partial charge in [0.05, 0.1) is 12.7 Å². The van der Waals surface area contributed by atoms with Crippen LogP contribution in [0.1, 0.15) is 71.1 Å². The summed E-state index contributed by atoms with van der Waals surface area (Å²) in [5, 5.41) is 0. The second-order valence-corrected chi connectivity index (χ2v) is 6.70. The lowest BCUT2D eigenvalue weighted by Gasteiger charge is -2.37. The molecule has 110 valence electrons. The Balaban J connectivity index is 1.64. The van der Waals surface area contributed by atoms with Gasteiger partial charge in [-0.3, -0.25) is 0 Å². The van der Waals surface area contributed by atoms with Gasteiger partial charge in [-0.15, -0.1) is 6.58 Å². The summed E-state index contributed by atoms with van der Waals surface area (Å²) in [6.45, 7) is 7.26. The van der Waals surface area contributed by atoms with Gasteiger partial charge in [0, 0.05) is 0 Å². The van der Waals surface area contributed by atoms with E-state index in [0.29, 0.717) is 6.10 Å². The summed E-state index contributed by atoms with van der Waals surface area (Å²) in [6.07, 6.45) is 16.4. The van der Waals surface area contributed by atoms with Crippen LogP contribution in [-0.4, -0.2) is 12.7 Å². The van der Waals surface area contributed by atoms with Gasteiger partial charge in [-0.1, -0.05) is 32.3 Å². The van der Waals surface area contributed by atoms with E-state index < -0.39 is 0 Å². The molecule has 1 nitrogen and oxygen atoms in total. The lowest BCUT2D eigenvalue weighted by atomic mass is 9.74. The first kappa shape index (κ1) is 15.1. The smallest absolute Gasteiger partial charge is 0.0575 e. The van der Waals surface area contributed by atoms with Crippen molar-refractivity contribution in [1.82, 2.24) is 0 Å². The van der Waals surface area contributed by atoms with Crippen molar-refractivity contribution in [3.63, 3.8) is 0 Å². The average Bonchev–Trinajstić information content (AvgIpc) is 2.48. The van der Waals surface area contributed by atoms with Gasteiger partial charge in [-0.05, 0) is 62.7 Å². The molecule has 0 amide bonds. The molecule has 0 spiro atoms. The molecule has 0 aromatic heterocycles. The third kappa shape index (κ3) is 4.63. The van der Waals surface area contributed by atoms with E-state index in [1.807, 2.05) is 0 Å². The van der Waals surface area contributed by atoms with Crippen LogP contribution in [0.15, 0.2) is 12.7 Å². The summed E-state index contributed by atoms with van der Waals surface area (Å²) in [7, 11) is 0. The van der Waals surface area contributed by atoms with E-state index in [0.717, 1.165) is 24.4 Å². The zero-order valence-electron chi connectivity index (χ0n) is 12.8. The van der Waals surface area contributed by atoms with Crippen molar-refractivity contribution in [3.8, 4) is 0 Å². The van der Waals surface area contributed by atoms with Crippen LogP contribution in [0.3, 0.4) is 0 Å². The number of hydrogen-bond donors (Lipinski definition) is 0. The maximum Gasteiger partial charge on any atom is 0.0575 e. The summed E-state index contributed by atoms with van der Waals surface area (Å²) in [6, 6.07) is 0. The SMILES string of the molecule is C=CC1CCC(C2CCC(CCCCC)OC2)CC1. The Labute approximate surface area is 119 Å². The average molecular weight is 264 g/mol. The van der Waals surface area contributed by atoms with Crippen molar-refractivity contribution in [3.05, 3.63) is 12.7 Å². The van der Waals surface area contributed by atoms with Gasteiger partial charge in [0.25, 0.3) is 0 Å². The van der Waals surface area contributed by atoms with E-state index >= 15 is 0 Å². The van der Waals surface area contributed by atoms with Crippen molar-refractivity contribution >= 4 is 0 Å². The van der Waals surface area contributed by atoms with E-state index in [-0.39, 0.29) is 0 Å². The molecule has 0 aromatic rings. The minimum atomic E-state index is 0.576. The second kappa shape index (κ2) is 8.09. The molecular weight excluding hydrogens is 232 g/mol. The quantitative estimate of drug-likeness (QED) is 0.464. The maximum atomic E-state index is 6.12. The number of ether oxygens (including phenoxy) is 1. The van der Waals surface area contributed by atoms with Crippen LogP contribution in [-0.2, 0) is 4.74 Å². The molecule has 0 radical (unpaired) electrons. The van der Waals surface area contributed by atoms with Crippen molar-refractivity contribution in [1.29, 1.82) is 0 Å². The first-order valence-electron chi connectivity index (χ1n) is 8.57. The van der Waals surface area contributed by atoms with Gasteiger partial charge in [0.15, 0.2) is 0 Å². The largest absolute Gasteiger partial charge is 0.378 e. The van der Waals surface area contributed by atoms with Crippen LogP contribution < -0.4 is 0 Å². The number of rotatable bonds is 6. The highest BCUT2D eigenvalue weighted by atomic mass is 16.5. The monoisotopic (exact) mass is 264 g/mol. The van der Waals surface area contributed by atoms with Gasteiger partial charge in [-0.2, -0.15) is 0 Å². The second-order valence-electron chi connectivity index (χ2n) is 6.70. The van der Waals surface area contributed by atoms with Crippen molar-refractivity contribution in [2.75, 3.05) is 6.61 Å². The van der Waals surface area contributed by atoms with Gasteiger partial charge in [0.1, 0.15) is 0 Å². The number of unbranched alkanes of at least 4 members (excludes halogenated alkanes) is 2. The summed E-state index contributed by atoms with van der Waals surface area (Å²) >= 11 is 0. The highest BCUT2D eigenvalue weighted by Gasteiger charge is 2.30. The molecule has 0 bridgehead atoms. The Kier molecular flexibility index (Phi) is 6.43. The Morgan fingerprint density at radius 1 is 1.00 bits per heavy atom. The first-order valence-corrected chi connectivity index (χ1v) is 8.57.